The molecule has 12 nitrogen and oxygen atoms in total. The largest absolute Gasteiger partial charge is 0.462 e. The summed E-state index contributed by atoms with van der Waals surface area (Å²) >= 11 is 0. The molecule has 1 heterocycles. The SMILES string of the molecule is CCCCC/C=C/C/C=C/CCCCCCCCCCCC(=O)O[C@H](COC(=O)CCCCCCCC=C=CCCCCCCC)CO[C@H]1O[C@H](CS(=O)(=O)O)[C@@H](O)C(O)C1O. The van der Waals surface area contributed by atoms with Gasteiger partial charge >= 0.3 is 11.9 Å². The van der Waals surface area contributed by atoms with Crippen LogP contribution in [0.3, 0.4) is 0 Å². The average Bonchev–Trinajstić information content (AvgIpc) is 3.24. The molecule has 6 atom stereocenters. The van der Waals surface area contributed by atoms with Crippen molar-refractivity contribution in [3.8, 4) is 0 Å². The average molecular weight is 899 g/mol. The molecule has 1 saturated heterocycles. The molecule has 0 aromatic heterocycles. The van der Waals surface area contributed by atoms with Crippen molar-refractivity contribution in [3.05, 3.63) is 42.2 Å². The normalized spacial score (nSPS) is 19.7. The lowest BCUT2D eigenvalue weighted by Crippen LogP contribution is -2.60. The summed E-state index contributed by atoms with van der Waals surface area (Å²) in [6.45, 7) is 3.71. The van der Waals surface area contributed by atoms with E-state index in [0.29, 0.717) is 12.8 Å². The lowest BCUT2D eigenvalue weighted by Gasteiger charge is -2.40. The van der Waals surface area contributed by atoms with Crippen LogP contribution in [0.15, 0.2) is 42.2 Å². The zero-order valence-corrected chi connectivity index (χ0v) is 39.3. The van der Waals surface area contributed by atoms with Gasteiger partial charge in [0.15, 0.2) is 12.4 Å². The number of carbonyl (C=O) groups excluding carboxylic acids is 2. The third kappa shape index (κ3) is 33.2. The number of carbonyl (C=O) groups is 2. The van der Waals surface area contributed by atoms with Crippen molar-refractivity contribution < 1.29 is 56.8 Å². The number of aliphatic hydroxyl groups is 3. The van der Waals surface area contributed by atoms with Gasteiger partial charge in [-0.2, -0.15) is 8.42 Å². The number of hydrogen-bond donors (Lipinski definition) is 4. The zero-order valence-electron chi connectivity index (χ0n) is 38.5. The summed E-state index contributed by atoms with van der Waals surface area (Å²) in [5.41, 5.74) is 3.28. The minimum atomic E-state index is -4.61. The van der Waals surface area contributed by atoms with Crippen LogP contribution in [0.25, 0.3) is 0 Å². The molecule has 0 bridgehead atoms. The molecule has 1 aliphatic heterocycles. The molecule has 0 radical (unpaired) electrons. The predicted octanol–water partition coefficient (Wildman–Crippen LogP) is 10.3. The number of hydrogen-bond acceptors (Lipinski definition) is 11. The molecule has 2 unspecified atom stereocenters. The summed E-state index contributed by atoms with van der Waals surface area (Å²) in [6, 6.07) is 0. The van der Waals surface area contributed by atoms with Crippen LogP contribution in [0, 0.1) is 0 Å². The summed E-state index contributed by atoms with van der Waals surface area (Å²) in [7, 11) is -4.61. The fraction of sp³-hybridized carbons (Fsp3) is 0.816. The Balaban J connectivity index is 2.42. The van der Waals surface area contributed by atoms with Gasteiger partial charge in [-0.3, -0.25) is 14.1 Å². The van der Waals surface area contributed by atoms with Gasteiger partial charge in [0, 0.05) is 12.8 Å². The van der Waals surface area contributed by atoms with Gasteiger partial charge in [0.25, 0.3) is 10.1 Å². The maximum Gasteiger partial charge on any atom is 0.306 e. The second-order valence-corrected chi connectivity index (χ2v) is 18.4. The van der Waals surface area contributed by atoms with E-state index in [1.54, 1.807) is 0 Å². The van der Waals surface area contributed by atoms with Crippen molar-refractivity contribution in [2.45, 2.75) is 237 Å². The Morgan fingerprint density at radius 2 is 1.06 bits per heavy atom. The molecule has 0 saturated carbocycles. The van der Waals surface area contributed by atoms with Crippen LogP contribution in [0.2, 0.25) is 0 Å². The molecule has 62 heavy (non-hydrogen) atoms. The van der Waals surface area contributed by atoms with E-state index in [1.807, 2.05) is 0 Å². The van der Waals surface area contributed by atoms with Crippen LogP contribution < -0.4 is 0 Å². The van der Waals surface area contributed by atoms with Crippen LogP contribution in [0.4, 0.5) is 0 Å². The van der Waals surface area contributed by atoms with Gasteiger partial charge in [-0.1, -0.05) is 141 Å². The molecule has 360 valence electrons. The molecule has 0 aliphatic carbocycles. The highest BCUT2D eigenvalue weighted by molar-refractivity contribution is 7.85. The maximum atomic E-state index is 12.8. The first kappa shape index (κ1) is 57.7. The van der Waals surface area contributed by atoms with Gasteiger partial charge in [-0.25, -0.2) is 0 Å². The summed E-state index contributed by atoms with van der Waals surface area (Å²) in [5.74, 6) is -2.01. The van der Waals surface area contributed by atoms with Crippen LogP contribution in [0.1, 0.15) is 200 Å². The van der Waals surface area contributed by atoms with Crippen LogP contribution >= 0.6 is 0 Å². The molecule has 0 amide bonds. The molecular weight excluding hydrogens is 813 g/mol. The Morgan fingerprint density at radius 3 is 1.61 bits per heavy atom. The predicted molar refractivity (Wildman–Crippen MR) is 246 cm³/mol. The van der Waals surface area contributed by atoms with Gasteiger partial charge in [-0.15, -0.1) is 5.73 Å². The Labute approximate surface area is 375 Å². The number of allylic oxidation sites excluding steroid dienone is 5. The third-order valence-electron chi connectivity index (χ3n) is 11.0. The molecule has 4 N–H and O–H groups in total. The minimum Gasteiger partial charge on any atom is -0.462 e. The lowest BCUT2D eigenvalue weighted by atomic mass is 10.00. The first-order valence-corrected chi connectivity index (χ1v) is 25.9. The Hall–Kier alpha value is -2.35. The van der Waals surface area contributed by atoms with E-state index >= 15 is 0 Å². The molecule has 13 heteroatoms. The van der Waals surface area contributed by atoms with Gasteiger partial charge in [0.1, 0.15) is 36.8 Å². The Bertz CT molecular complexity index is 1340. The Kier molecular flexibility index (Phi) is 36.3. The van der Waals surface area contributed by atoms with E-state index in [4.69, 9.17) is 18.9 Å². The van der Waals surface area contributed by atoms with Crippen molar-refractivity contribution in [3.63, 3.8) is 0 Å². The van der Waals surface area contributed by atoms with E-state index in [9.17, 15) is 37.9 Å². The van der Waals surface area contributed by atoms with Crippen LogP contribution in [0.5, 0.6) is 0 Å². The van der Waals surface area contributed by atoms with Crippen LogP contribution in [-0.2, 0) is 38.7 Å². The maximum absolute atomic E-state index is 12.8. The Morgan fingerprint density at radius 1 is 0.597 bits per heavy atom. The van der Waals surface area contributed by atoms with Crippen molar-refractivity contribution in [1.29, 1.82) is 0 Å². The van der Waals surface area contributed by atoms with E-state index in [2.05, 4.69) is 56.0 Å². The van der Waals surface area contributed by atoms with E-state index < -0.39 is 71.2 Å². The van der Waals surface area contributed by atoms with E-state index in [-0.39, 0.29) is 19.4 Å². The second-order valence-electron chi connectivity index (χ2n) is 16.9. The fourth-order valence-electron chi connectivity index (χ4n) is 7.15. The first-order chi connectivity index (χ1) is 30.0. The minimum absolute atomic E-state index is 0.154. The van der Waals surface area contributed by atoms with E-state index in [0.717, 1.165) is 77.0 Å². The number of unbranched alkanes of at least 4 members (excludes halogenated alkanes) is 22. The third-order valence-corrected chi connectivity index (χ3v) is 11.7. The van der Waals surface area contributed by atoms with Crippen molar-refractivity contribution in [1.82, 2.24) is 0 Å². The van der Waals surface area contributed by atoms with Crippen LogP contribution in [-0.4, -0.2) is 96.0 Å². The molecule has 1 rings (SSSR count). The summed E-state index contributed by atoms with van der Waals surface area (Å²) < 4.78 is 54.1. The van der Waals surface area contributed by atoms with Gasteiger partial charge in [0.05, 0.1) is 6.61 Å². The summed E-state index contributed by atoms with van der Waals surface area (Å²) in [6.07, 6.45) is 33.9. The number of esters is 2. The second kappa shape index (κ2) is 39.1. The van der Waals surface area contributed by atoms with E-state index in [1.165, 1.54) is 83.5 Å². The first-order valence-electron chi connectivity index (χ1n) is 24.3. The topological polar surface area (TPSA) is 186 Å². The smallest absolute Gasteiger partial charge is 0.306 e. The standard InChI is InChI=1S/C49H86O12S/c1-3-5-7-9-11-13-15-17-19-20-21-22-24-26-28-30-32-34-36-38-45(51)60-42(40-59-49-48(54)47(53)46(52)43(61-49)41-62(55,56)57)39-58-44(50)37-35-33-31-29-27-25-23-18-16-14-12-10-8-6-4-2/h11,13,16-17,19,23,42-43,46-49,52-54H,3-10,12,14-15,20-22,24-41H2,1-2H3,(H,55,56,57)/b13-11+,19-17+/t18?,42-,43-,46-,47?,48?,49+/m1/s1. The fourth-order valence-corrected chi connectivity index (χ4v) is 7.85. The molecule has 0 aromatic rings. The molecular formula is C49H86O12S. The molecule has 1 fully saturated rings. The van der Waals surface area contributed by atoms with Gasteiger partial charge < -0.3 is 34.3 Å². The number of aliphatic hydroxyl groups excluding tert-OH is 3. The van der Waals surface area contributed by atoms with Crippen molar-refractivity contribution in [2.24, 2.45) is 0 Å². The summed E-state index contributed by atoms with van der Waals surface area (Å²) in [4.78, 5) is 25.5. The molecule has 0 spiro atoms. The number of ether oxygens (including phenoxy) is 4. The number of rotatable bonds is 40. The molecule has 1 aliphatic rings. The highest BCUT2D eigenvalue weighted by Crippen LogP contribution is 2.24. The summed E-state index contributed by atoms with van der Waals surface area (Å²) in [5, 5.41) is 30.9. The van der Waals surface area contributed by atoms with Crippen molar-refractivity contribution in [2.75, 3.05) is 19.0 Å². The van der Waals surface area contributed by atoms with Crippen molar-refractivity contribution >= 4 is 22.1 Å². The zero-order chi connectivity index (χ0) is 45.5. The van der Waals surface area contributed by atoms with Gasteiger partial charge in [0.2, 0.25) is 0 Å². The highest BCUT2D eigenvalue weighted by atomic mass is 32.2. The van der Waals surface area contributed by atoms with Gasteiger partial charge in [-0.05, 0) is 82.8 Å². The molecule has 0 aromatic carbocycles. The quantitative estimate of drug-likeness (QED) is 0.0150. The highest BCUT2D eigenvalue weighted by Gasteiger charge is 2.46. The lowest BCUT2D eigenvalue weighted by molar-refractivity contribution is -0.297. The monoisotopic (exact) mass is 899 g/mol.